The molecule has 27 heavy (non-hydrogen) atoms. The van der Waals surface area contributed by atoms with E-state index in [1.54, 1.807) is 11.8 Å². The van der Waals surface area contributed by atoms with Crippen LogP contribution >= 0.6 is 11.8 Å². The van der Waals surface area contributed by atoms with E-state index < -0.39 is 0 Å². The van der Waals surface area contributed by atoms with Crippen LogP contribution in [-0.4, -0.2) is 33.7 Å². The Bertz CT molecular complexity index is 1050. The highest BCUT2D eigenvalue weighted by molar-refractivity contribution is 8.01. The predicted molar refractivity (Wildman–Crippen MR) is 108 cm³/mol. The van der Waals surface area contributed by atoms with Gasteiger partial charge in [-0.1, -0.05) is 6.07 Å². The van der Waals surface area contributed by atoms with Crippen LogP contribution < -0.4 is 10.6 Å². The molecule has 2 aliphatic heterocycles. The van der Waals surface area contributed by atoms with Crippen molar-refractivity contribution in [3.63, 3.8) is 0 Å². The van der Waals surface area contributed by atoms with Gasteiger partial charge in [-0.2, -0.15) is 0 Å². The third kappa shape index (κ3) is 2.80. The number of rotatable bonds is 1. The molecule has 1 aromatic carbocycles. The molecule has 0 aliphatic carbocycles. The fourth-order valence-corrected chi connectivity index (χ4v) is 5.19. The molecule has 0 spiro atoms. The molecular weight excluding hydrogens is 356 g/mol. The number of hydrogen-bond acceptors (Lipinski definition) is 5. The smallest absolute Gasteiger partial charge is 0.235 e. The van der Waals surface area contributed by atoms with Crippen LogP contribution in [-0.2, 0) is 4.79 Å². The highest BCUT2D eigenvalue weighted by atomic mass is 32.2. The van der Waals surface area contributed by atoms with Crippen LogP contribution in [0.4, 0.5) is 0 Å². The summed E-state index contributed by atoms with van der Waals surface area (Å²) in [5, 5.41) is 7.66. The van der Waals surface area contributed by atoms with Gasteiger partial charge in [0.1, 0.15) is 5.25 Å². The number of pyridine rings is 2. The van der Waals surface area contributed by atoms with E-state index in [0.717, 1.165) is 34.4 Å². The monoisotopic (exact) mass is 376 g/mol. The molecule has 4 heterocycles. The van der Waals surface area contributed by atoms with Gasteiger partial charge in [-0.05, 0) is 49.7 Å². The van der Waals surface area contributed by atoms with E-state index in [-0.39, 0.29) is 23.2 Å². The van der Waals surface area contributed by atoms with Crippen molar-refractivity contribution in [3.05, 3.63) is 53.9 Å². The molecule has 3 atom stereocenters. The van der Waals surface area contributed by atoms with Crippen molar-refractivity contribution in [2.75, 3.05) is 6.54 Å². The summed E-state index contributed by atoms with van der Waals surface area (Å²) in [5.41, 5.74) is 5.07. The Morgan fingerprint density at radius 2 is 2.04 bits per heavy atom. The lowest BCUT2D eigenvalue weighted by Gasteiger charge is -2.17. The molecule has 2 N–H and O–H groups in total. The van der Waals surface area contributed by atoms with Crippen molar-refractivity contribution < 1.29 is 4.79 Å². The molecule has 1 fully saturated rings. The van der Waals surface area contributed by atoms with E-state index in [4.69, 9.17) is 4.98 Å². The molecule has 1 amide bonds. The number of nitrogens with one attached hydrogen (secondary N) is 2. The summed E-state index contributed by atoms with van der Waals surface area (Å²) in [6, 6.07) is 12.5. The van der Waals surface area contributed by atoms with Crippen LogP contribution in [0.3, 0.4) is 0 Å². The second kappa shape index (κ2) is 6.32. The topological polar surface area (TPSA) is 66.9 Å². The van der Waals surface area contributed by atoms with E-state index in [1.165, 1.54) is 10.5 Å². The summed E-state index contributed by atoms with van der Waals surface area (Å²) in [6.07, 6.45) is 1.86. The highest BCUT2D eigenvalue weighted by Crippen LogP contribution is 2.47. The standard InChI is InChI=1S/C21H20N4OS/c1-11-3-4-13(10-22-11)15-6-5-14-16(25-15)7-8-17-18(14)19-20(27-17)21(26)24-12(2)9-23-19/h3-8,10,12,19-20,23H,9H2,1-2H3,(H,24,26)/t12-,19?,20?/m1/s1. The van der Waals surface area contributed by atoms with E-state index >= 15 is 0 Å². The van der Waals surface area contributed by atoms with Gasteiger partial charge in [0.2, 0.25) is 5.91 Å². The van der Waals surface area contributed by atoms with Gasteiger partial charge in [-0.25, -0.2) is 4.98 Å². The maximum Gasteiger partial charge on any atom is 0.235 e. The molecule has 1 saturated heterocycles. The lowest BCUT2D eigenvalue weighted by atomic mass is 9.98. The summed E-state index contributed by atoms with van der Waals surface area (Å²) in [7, 11) is 0. The number of aryl methyl sites for hydroxylation is 1. The minimum atomic E-state index is -0.128. The summed E-state index contributed by atoms with van der Waals surface area (Å²) < 4.78 is 0. The maximum atomic E-state index is 12.6. The molecule has 136 valence electrons. The zero-order chi connectivity index (χ0) is 18.5. The Labute approximate surface area is 162 Å². The first-order chi connectivity index (χ1) is 13.1. The Balaban J connectivity index is 1.60. The highest BCUT2D eigenvalue weighted by Gasteiger charge is 2.41. The second-order valence-corrected chi connectivity index (χ2v) is 8.45. The Morgan fingerprint density at radius 3 is 2.85 bits per heavy atom. The quantitative estimate of drug-likeness (QED) is 0.683. The first kappa shape index (κ1) is 16.7. The van der Waals surface area contributed by atoms with E-state index in [0.29, 0.717) is 0 Å². The lowest BCUT2D eigenvalue weighted by Crippen LogP contribution is -2.37. The minimum absolute atomic E-state index is 0.0207. The number of amides is 1. The molecular formula is C21H20N4OS. The molecule has 5 rings (SSSR count). The third-order valence-corrected chi connectivity index (χ3v) is 6.59. The number of carbonyl (C=O) groups excluding carboxylic acids is 1. The Kier molecular flexibility index (Phi) is 3.91. The number of thioether (sulfide) groups is 1. The van der Waals surface area contributed by atoms with Gasteiger partial charge in [-0.3, -0.25) is 9.78 Å². The van der Waals surface area contributed by atoms with Crippen molar-refractivity contribution in [1.29, 1.82) is 0 Å². The van der Waals surface area contributed by atoms with Gasteiger partial charge in [0, 0.05) is 40.3 Å². The molecule has 5 nitrogen and oxygen atoms in total. The van der Waals surface area contributed by atoms with Crippen molar-refractivity contribution in [3.8, 4) is 11.3 Å². The first-order valence-corrected chi connectivity index (χ1v) is 10.1. The van der Waals surface area contributed by atoms with Crippen LogP contribution in [0, 0.1) is 6.92 Å². The largest absolute Gasteiger partial charge is 0.351 e. The van der Waals surface area contributed by atoms with Gasteiger partial charge < -0.3 is 10.6 Å². The molecule has 6 heteroatoms. The van der Waals surface area contributed by atoms with Gasteiger partial charge >= 0.3 is 0 Å². The normalized spacial score (nSPS) is 24.2. The zero-order valence-corrected chi connectivity index (χ0v) is 16.0. The summed E-state index contributed by atoms with van der Waals surface area (Å²) in [6.45, 7) is 4.78. The zero-order valence-electron chi connectivity index (χ0n) is 15.2. The number of aromatic nitrogens is 2. The third-order valence-electron chi connectivity index (χ3n) is 5.24. The van der Waals surface area contributed by atoms with Crippen LogP contribution in [0.1, 0.15) is 24.2 Å². The van der Waals surface area contributed by atoms with Crippen molar-refractivity contribution in [2.45, 2.75) is 36.1 Å². The average molecular weight is 376 g/mol. The summed E-state index contributed by atoms with van der Waals surface area (Å²) in [5.74, 6) is 0.113. The summed E-state index contributed by atoms with van der Waals surface area (Å²) >= 11 is 1.65. The molecule has 0 saturated carbocycles. The van der Waals surface area contributed by atoms with Crippen molar-refractivity contribution in [1.82, 2.24) is 20.6 Å². The summed E-state index contributed by atoms with van der Waals surface area (Å²) in [4.78, 5) is 23.0. The number of carbonyl (C=O) groups is 1. The van der Waals surface area contributed by atoms with E-state index in [2.05, 4.69) is 33.8 Å². The van der Waals surface area contributed by atoms with Crippen molar-refractivity contribution in [2.24, 2.45) is 0 Å². The van der Waals surface area contributed by atoms with E-state index in [1.807, 2.05) is 38.2 Å². The second-order valence-electron chi connectivity index (χ2n) is 7.26. The van der Waals surface area contributed by atoms with Gasteiger partial charge in [0.05, 0.1) is 17.3 Å². The number of nitrogens with zero attached hydrogens (tertiary/aromatic N) is 2. The number of hydrogen-bond donors (Lipinski definition) is 2. The molecule has 2 unspecified atom stereocenters. The predicted octanol–water partition coefficient (Wildman–Crippen LogP) is 3.23. The van der Waals surface area contributed by atoms with Crippen LogP contribution in [0.25, 0.3) is 22.2 Å². The molecule has 0 radical (unpaired) electrons. The van der Waals surface area contributed by atoms with Gasteiger partial charge in [-0.15, -0.1) is 11.8 Å². The fourth-order valence-electron chi connectivity index (χ4n) is 3.86. The number of fused-ring (bicyclic) bond motifs is 5. The minimum Gasteiger partial charge on any atom is -0.351 e. The average Bonchev–Trinajstić information content (AvgIpc) is 2.99. The number of benzene rings is 1. The Morgan fingerprint density at radius 1 is 1.15 bits per heavy atom. The molecule has 2 aromatic heterocycles. The molecule has 0 bridgehead atoms. The first-order valence-electron chi connectivity index (χ1n) is 9.17. The maximum absolute atomic E-state index is 12.6. The van der Waals surface area contributed by atoms with Crippen LogP contribution in [0.2, 0.25) is 0 Å². The molecule has 3 aromatic rings. The van der Waals surface area contributed by atoms with Crippen LogP contribution in [0.15, 0.2) is 47.5 Å². The van der Waals surface area contributed by atoms with Crippen LogP contribution in [0.5, 0.6) is 0 Å². The lowest BCUT2D eigenvalue weighted by molar-refractivity contribution is -0.121. The van der Waals surface area contributed by atoms with E-state index in [9.17, 15) is 4.79 Å². The van der Waals surface area contributed by atoms with Gasteiger partial charge in [0.15, 0.2) is 0 Å². The van der Waals surface area contributed by atoms with Crippen molar-refractivity contribution >= 4 is 28.6 Å². The van der Waals surface area contributed by atoms with Gasteiger partial charge in [0.25, 0.3) is 0 Å². The SMILES string of the molecule is Cc1ccc(-c2ccc3c4c(ccc3n2)SC2C(=O)N[C@H](C)CNC42)cn1. The fraction of sp³-hybridized carbons (Fsp3) is 0.286. The Hall–Kier alpha value is -2.44. The molecule has 2 aliphatic rings.